The van der Waals surface area contributed by atoms with E-state index in [0.717, 1.165) is 39.0 Å². The summed E-state index contributed by atoms with van der Waals surface area (Å²) in [6, 6.07) is 61.6. The number of benzene rings is 7. The van der Waals surface area contributed by atoms with Crippen LogP contribution < -0.4 is 0 Å². The first-order valence-corrected chi connectivity index (χ1v) is 16.9. The van der Waals surface area contributed by atoms with Crippen molar-refractivity contribution >= 4 is 21.8 Å². The zero-order valence-electron chi connectivity index (χ0n) is 27.5. The van der Waals surface area contributed by atoms with Gasteiger partial charge >= 0.3 is 0 Å². The summed E-state index contributed by atoms with van der Waals surface area (Å²) in [4.78, 5) is 15.2. The van der Waals surface area contributed by atoms with E-state index < -0.39 is 0 Å². The maximum Gasteiger partial charge on any atom is 0.164 e. The molecule has 0 saturated carbocycles. The zero-order chi connectivity index (χ0) is 33.4. The highest BCUT2D eigenvalue weighted by Gasteiger charge is 2.20. The molecule has 4 nitrogen and oxygen atoms in total. The van der Waals surface area contributed by atoms with Gasteiger partial charge in [0.2, 0.25) is 0 Å². The molecule has 2 aromatic heterocycles. The molecule has 7 aromatic carbocycles. The SMILES string of the molecule is Cc1ccc(-c2cccc3c4ccccc4n(-c4ccc(-c5nc(-c6ccccc6)nc(-c6ccccc6)n5)c(-c5ccccc5)c4)c23)cc1. The monoisotopic (exact) mass is 640 g/mol. The van der Waals surface area contributed by atoms with Crippen LogP contribution in [0.4, 0.5) is 0 Å². The van der Waals surface area contributed by atoms with Gasteiger partial charge in [-0.1, -0.05) is 157 Å². The average molecular weight is 641 g/mol. The fraction of sp³-hybridized carbons (Fsp3) is 0.0217. The molecule has 9 rings (SSSR count). The lowest BCUT2D eigenvalue weighted by Crippen LogP contribution is -2.02. The summed E-state index contributed by atoms with van der Waals surface area (Å²) in [7, 11) is 0. The van der Waals surface area contributed by atoms with Crippen LogP contribution in [-0.2, 0) is 0 Å². The number of aromatic nitrogens is 4. The Hall–Kier alpha value is -6.65. The standard InChI is InChI=1S/C46H32N4/c1-31-24-26-33(27-25-31)37-21-13-22-39-38-20-11-12-23-42(38)50(43(37)39)36-28-29-40(41(30-36)32-14-5-2-6-15-32)46-48-44(34-16-7-3-8-17-34)47-45(49-46)35-18-9-4-10-19-35/h2-30H,1H3. The lowest BCUT2D eigenvalue weighted by molar-refractivity contribution is 1.07. The summed E-state index contributed by atoms with van der Waals surface area (Å²) < 4.78 is 2.41. The highest BCUT2D eigenvalue weighted by molar-refractivity contribution is 6.13. The lowest BCUT2D eigenvalue weighted by Gasteiger charge is -2.16. The van der Waals surface area contributed by atoms with E-state index >= 15 is 0 Å². The van der Waals surface area contributed by atoms with E-state index in [2.05, 4.69) is 127 Å². The van der Waals surface area contributed by atoms with Gasteiger partial charge in [0, 0.05) is 38.7 Å². The van der Waals surface area contributed by atoms with E-state index in [1.807, 2.05) is 60.7 Å². The maximum absolute atomic E-state index is 5.11. The Morgan fingerprint density at radius 3 is 1.58 bits per heavy atom. The van der Waals surface area contributed by atoms with Crippen LogP contribution in [0.3, 0.4) is 0 Å². The molecule has 0 radical (unpaired) electrons. The number of aryl methyl sites for hydroxylation is 1. The maximum atomic E-state index is 5.11. The molecule has 4 heteroatoms. The van der Waals surface area contributed by atoms with Crippen LogP contribution in [-0.4, -0.2) is 19.5 Å². The van der Waals surface area contributed by atoms with Crippen LogP contribution in [0.15, 0.2) is 176 Å². The van der Waals surface area contributed by atoms with E-state index in [1.54, 1.807) is 0 Å². The van der Waals surface area contributed by atoms with Crippen molar-refractivity contribution in [3.05, 3.63) is 181 Å². The van der Waals surface area contributed by atoms with Crippen molar-refractivity contribution in [3.63, 3.8) is 0 Å². The van der Waals surface area contributed by atoms with Gasteiger partial charge in [-0.15, -0.1) is 0 Å². The van der Waals surface area contributed by atoms with E-state index in [-0.39, 0.29) is 0 Å². The minimum Gasteiger partial charge on any atom is -0.309 e. The predicted octanol–water partition coefficient (Wildman–Crippen LogP) is 11.6. The van der Waals surface area contributed by atoms with Crippen molar-refractivity contribution < 1.29 is 0 Å². The molecule has 236 valence electrons. The fourth-order valence-corrected chi connectivity index (χ4v) is 6.90. The Bertz CT molecular complexity index is 2570. The molecule has 2 heterocycles. The molecular formula is C46H32N4. The summed E-state index contributed by atoms with van der Waals surface area (Å²) in [5.41, 5.74) is 12.0. The molecule has 0 N–H and O–H groups in total. The minimum atomic E-state index is 0.630. The van der Waals surface area contributed by atoms with Gasteiger partial charge in [-0.05, 0) is 47.9 Å². The summed E-state index contributed by atoms with van der Waals surface area (Å²) in [5.74, 6) is 1.91. The summed E-state index contributed by atoms with van der Waals surface area (Å²) >= 11 is 0. The fourth-order valence-electron chi connectivity index (χ4n) is 6.90. The second-order valence-corrected chi connectivity index (χ2v) is 12.6. The number of hydrogen-bond donors (Lipinski definition) is 0. The number of rotatable bonds is 6. The number of fused-ring (bicyclic) bond motifs is 3. The van der Waals surface area contributed by atoms with E-state index in [0.29, 0.717) is 17.5 Å². The Labute approximate surface area is 291 Å². The van der Waals surface area contributed by atoms with Gasteiger partial charge in [-0.2, -0.15) is 0 Å². The van der Waals surface area contributed by atoms with Gasteiger partial charge in [-0.25, -0.2) is 15.0 Å². The van der Waals surface area contributed by atoms with Gasteiger partial charge < -0.3 is 4.57 Å². The smallest absolute Gasteiger partial charge is 0.164 e. The Morgan fingerprint density at radius 1 is 0.380 bits per heavy atom. The normalized spacial score (nSPS) is 11.3. The number of hydrogen-bond acceptors (Lipinski definition) is 3. The molecule has 0 unspecified atom stereocenters. The van der Waals surface area contributed by atoms with Crippen LogP contribution in [0.5, 0.6) is 0 Å². The Kier molecular flexibility index (Phi) is 7.33. The van der Waals surface area contributed by atoms with Gasteiger partial charge in [0.15, 0.2) is 17.5 Å². The van der Waals surface area contributed by atoms with Crippen molar-refractivity contribution in [2.45, 2.75) is 6.92 Å². The van der Waals surface area contributed by atoms with E-state index in [1.165, 1.54) is 33.0 Å². The van der Waals surface area contributed by atoms with Crippen LogP contribution in [0.2, 0.25) is 0 Å². The quantitative estimate of drug-likeness (QED) is 0.182. The molecule has 0 bridgehead atoms. The molecule has 0 fully saturated rings. The zero-order valence-corrected chi connectivity index (χ0v) is 27.5. The van der Waals surface area contributed by atoms with E-state index in [9.17, 15) is 0 Å². The predicted molar refractivity (Wildman–Crippen MR) is 206 cm³/mol. The Morgan fingerprint density at radius 2 is 0.920 bits per heavy atom. The molecule has 0 aliphatic carbocycles. The largest absolute Gasteiger partial charge is 0.309 e. The van der Waals surface area contributed by atoms with Crippen molar-refractivity contribution in [1.82, 2.24) is 19.5 Å². The van der Waals surface area contributed by atoms with Crippen LogP contribution in [0.1, 0.15) is 5.56 Å². The topological polar surface area (TPSA) is 43.6 Å². The molecular weight excluding hydrogens is 609 g/mol. The highest BCUT2D eigenvalue weighted by atomic mass is 15.0. The first-order valence-electron chi connectivity index (χ1n) is 16.9. The van der Waals surface area contributed by atoms with Crippen LogP contribution >= 0.6 is 0 Å². The molecule has 9 aromatic rings. The third-order valence-corrected chi connectivity index (χ3v) is 9.34. The third kappa shape index (κ3) is 5.24. The van der Waals surface area contributed by atoms with Crippen molar-refractivity contribution in [1.29, 1.82) is 0 Å². The molecule has 0 aliphatic rings. The first-order chi connectivity index (χ1) is 24.7. The summed E-state index contributed by atoms with van der Waals surface area (Å²) in [5, 5.41) is 2.45. The second kappa shape index (κ2) is 12.4. The molecule has 0 amide bonds. The summed E-state index contributed by atoms with van der Waals surface area (Å²) in [6.07, 6.45) is 0. The Balaban J connectivity index is 1.31. The van der Waals surface area contributed by atoms with Crippen molar-refractivity contribution in [2.75, 3.05) is 0 Å². The van der Waals surface area contributed by atoms with Crippen LogP contribution in [0, 0.1) is 6.92 Å². The van der Waals surface area contributed by atoms with Gasteiger partial charge in [0.05, 0.1) is 11.0 Å². The van der Waals surface area contributed by atoms with Crippen molar-refractivity contribution in [2.24, 2.45) is 0 Å². The lowest BCUT2D eigenvalue weighted by atomic mass is 9.97. The molecule has 50 heavy (non-hydrogen) atoms. The summed E-state index contributed by atoms with van der Waals surface area (Å²) in [6.45, 7) is 2.13. The number of nitrogens with zero attached hydrogens (tertiary/aromatic N) is 4. The van der Waals surface area contributed by atoms with Gasteiger partial charge in [0.25, 0.3) is 0 Å². The second-order valence-electron chi connectivity index (χ2n) is 12.6. The van der Waals surface area contributed by atoms with Gasteiger partial charge in [-0.3, -0.25) is 0 Å². The van der Waals surface area contributed by atoms with Crippen LogP contribution in [0.25, 0.3) is 83.9 Å². The molecule has 0 saturated heterocycles. The molecule has 0 spiro atoms. The molecule has 0 atom stereocenters. The average Bonchev–Trinajstić information content (AvgIpc) is 3.53. The third-order valence-electron chi connectivity index (χ3n) is 9.34. The first kappa shape index (κ1) is 29.5. The number of para-hydroxylation sites is 2. The highest BCUT2D eigenvalue weighted by Crippen LogP contribution is 2.40. The van der Waals surface area contributed by atoms with Crippen molar-refractivity contribution in [3.8, 4) is 62.1 Å². The minimum absolute atomic E-state index is 0.630. The van der Waals surface area contributed by atoms with Gasteiger partial charge in [0.1, 0.15) is 0 Å². The van der Waals surface area contributed by atoms with E-state index in [4.69, 9.17) is 15.0 Å². The molecule has 0 aliphatic heterocycles.